The molecule has 0 aromatic heterocycles. The van der Waals surface area contributed by atoms with Gasteiger partial charge in [0.05, 0.1) is 13.7 Å². The zero-order valence-electron chi connectivity index (χ0n) is 9.06. The van der Waals surface area contributed by atoms with Crippen molar-refractivity contribution >= 4 is 12.3 Å². The van der Waals surface area contributed by atoms with Crippen molar-refractivity contribution < 1.29 is 23.8 Å². The van der Waals surface area contributed by atoms with Gasteiger partial charge in [-0.1, -0.05) is 6.07 Å². The average Bonchev–Trinajstić information content (AvgIpc) is 2.31. The number of benzene rings is 1. The van der Waals surface area contributed by atoms with Crippen molar-refractivity contribution in [2.75, 3.05) is 14.2 Å². The summed E-state index contributed by atoms with van der Waals surface area (Å²) < 4.78 is 14.7. The van der Waals surface area contributed by atoms with Crippen LogP contribution < -0.4 is 9.47 Å². The molecule has 86 valence electrons. The van der Waals surface area contributed by atoms with E-state index in [1.807, 2.05) is 0 Å². The van der Waals surface area contributed by atoms with Gasteiger partial charge in [-0.15, -0.1) is 0 Å². The van der Waals surface area contributed by atoms with Crippen LogP contribution in [0.4, 0.5) is 0 Å². The summed E-state index contributed by atoms with van der Waals surface area (Å²) in [7, 11) is 3.02. The minimum atomic E-state index is -0.960. The number of carbonyl (C=O) groups excluding carboxylic acids is 2. The maximum Gasteiger partial charge on any atom is 0.376 e. The van der Waals surface area contributed by atoms with Crippen LogP contribution in [0.2, 0.25) is 0 Å². The molecule has 0 N–H and O–H groups in total. The number of carbonyl (C=O) groups is 2. The largest absolute Gasteiger partial charge is 0.493 e. The molecule has 1 rings (SSSR count). The average molecular weight is 224 g/mol. The number of hydrogen-bond acceptors (Lipinski definition) is 5. The molecule has 0 amide bonds. The lowest BCUT2D eigenvalue weighted by molar-refractivity contribution is -0.141. The lowest BCUT2D eigenvalue weighted by atomic mass is 10.2. The Morgan fingerprint density at radius 1 is 1.31 bits per heavy atom. The van der Waals surface area contributed by atoms with E-state index in [4.69, 9.17) is 14.2 Å². The molecule has 0 bridgehead atoms. The van der Waals surface area contributed by atoms with Crippen LogP contribution in [0.25, 0.3) is 0 Å². The molecule has 0 aliphatic heterocycles. The molecule has 0 saturated heterocycles. The fourth-order valence-corrected chi connectivity index (χ4v) is 1.19. The molecule has 0 atom stereocenters. The summed E-state index contributed by atoms with van der Waals surface area (Å²) in [6, 6.07) is 4.95. The van der Waals surface area contributed by atoms with E-state index in [0.717, 1.165) is 5.56 Å². The van der Waals surface area contributed by atoms with Gasteiger partial charge in [0.2, 0.25) is 6.29 Å². The van der Waals surface area contributed by atoms with Gasteiger partial charge in [-0.05, 0) is 17.7 Å². The smallest absolute Gasteiger partial charge is 0.376 e. The fourth-order valence-electron chi connectivity index (χ4n) is 1.19. The molecule has 0 unspecified atom stereocenters. The maximum atomic E-state index is 10.8. The van der Waals surface area contributed by atoms with Gasteiger partial charge in [0.15, 0.2) is 11.5 Å². The predicted octanol–water partition coefficient (Wildman–Crippen LogP) is 0.946. The molecule has 0 aliphatic carbocycles. The number of hydrogen-bond donors (Lipinski definition) is 0. The molecule has 0 fully saturated rings. The summed E-state index contributed by atoms with van der Waals surface area (Å²) in [6.45, 7) is 0.429. The van der Waals surface area contributed by atoms with Crippen LogP contribution in [-0.4, -0.2) is 26.5 Å². The molecule has 0 spiro atoms. The predicted molar refractivity (Wildman–Crippen MR) is 55.4 cm³/mol. The van der Waals surface area contributed by atoms with Crippen LogP contribution in [0.1, 0.15) is 5.56 Å². The summed E-state index contributed by atoms with van der Waals surface area (Å²) >= 11 is 0. The topological polar surface area (TPSA) is 61.8 Å². The lowest BCUT2D eigenvalue weighted by Gasteiger charge is -2.09. The van der Waals surface area contributed by atoms with Crippen LogP contribution in [-0.2, 0) is 20.9 Å². The Morgan fingerprint density at radius 3 is 2.62 bits per heavy atom. The van der Waals surface area contributed by atoms with E-state index in [1.165, 1.54) is 7.11 Å². The fraction of sp³-hybridized carbons (Fsp3) is 0.273. The van der Waals surface area contributed by atoms with E-state index < -0.39 is 5.97 Å². The zero-order chi connectivity index (χ0) is 12.0. The van der Waals surface area contributed by atoms with Crippen molar-refractivity contribution in [3.63, 3.8) is 0 Å². The third-order valence-electron chi connectivity index (χ3n) is 1.85. The molecule has 0 saturated carbocycles. The summed E-state index contributed by atoms with van der Waals surface area (Å²) in [5.41, 5.74) is 0.880. The third-order valence-corrected chi connectivity index (χ3v) is 1.85. The van der Waals surface area contributed by atoms with Gasteiger partial charge >= 0.3 is 5.97 Å². The van der Waals surface area contributed by atoms with E-state index in [0.29, 0.717) is 12.4 Å². The standard InChI is InChI=1S/C11H12O5/c1-14-7-8-3-4-9(10(5-8)15-2)16-11(13)6-12/h3-6H,7H2,1-2H3. The lowest BCUT2D eigenvalue weighted by Crippen LogP contribution is -2.09. The van der Waals surface area contributed by atoms with Crippen molar-refractivity contribution in [3.8, 4) is 11.5 Å². The quantitative estimate of drug-likeness (QED) is 0.322. The van der Waals surface area contributed by atoms with Crippen molar-refractivity contribution in [2.24, 2.45) is 0 Å². The van der Waals surface area contributed by atoms with Gasteiger partial charge in [0, 0.05) is 7.11 Å². The number of aldehydes is 1. The number of esters is 1. The van der Waals surface area contributed by atoms with Crippen LogP contribution in [0.3, 0.4) is 0 Å². The highest BCUT2D eigenvalue weighted by Gasteiger charge is 2.09. The first-order valence-electron chi connectivity index (χ1n) is 4.54. The van der Waals surface area contributed by atoms with Gasteiger partial charge < -0.3 is 14.2 Å². The van der Waals surface area contributed by atoms with E-state index >= 15 is 0 Å². The maximum absolute atomic E-state index is 10.8. The van der Waals surface area contributed by atoms with E-state index in [2.05, 4.69) is 0 Å². The normalized spacial score (nSPS) is 9.62. The number of methoxy groups -OCH3 is 2. The molecule has 0 aliphatic rings. The minimum Gasteiger partial charge on any atom is -0.493 e. The van der Waals surface area contributed by atoms with E-state index in [-0.39, 0.29) is 12.0 Å². The Bertz CT molecular complexity index is 386. The van der Waals surface area contributed by atoms with Gasteiger partial charge in [0.1, 0.15) is 0 Å². The number of rotatable bonds is 5. The van der Waals surface area contributed by atoms with Crippen molar-refractivity contribution in [1.29, 1.82) is 0 Å². The summed E-state index contributed by atoms with van der Waals surface area (Å²) in [4.78, 5) is 20.9. The monoisotopic (exact) mass is 224 g/mol. The zero-order valence-corrected chi connectivity index (χ0v) is 9.06. The molecular weight excluding hydrogens is 212 g/mol. The highest BCUT2D eigenvalue weighted by molar-refractivity contribution is 6.21. The molecule has 0 heterocycles. The summed E-state index contributed by atoms with van der Waals surface area (Å²) in [5, 5.41) is 0. The third kappa shape index (κ3) is 3.06. The summed E-state index contributed by atoms with van der Waals surface area (Å²) in [6.07, 6.45) is 0.0997. The second kappa shape index (κ2) is 5.87. The van der Waals surface area contributed by atoms with Crippen molar-refractivity contribution in [3.05, 3.63) is 23.8 Å². The van der Waals surface area contributed by atoms with Crippen LogP contribution >= 0.6 is 0 Å². The second-order valence-corrected chi connectivity index (χ2v) is 2.96. The van der Waals surface area contributed by atoms with Gasteiger partial charge in [-0.2, -0.15) is 0 Å². The van der Waals surface area contributed by atoms with E-state index in [1.54, 1.807) is 25.3 Å². The van der Waals surface area contributed by atoms with Crippen LogP contribution in [0.15, 0.2) is 18.2 Å². The Kier molecular flexibility index (Phi) is 4.47. The molecule has 5 nitrogen and oxygen atoms in total. The molecule has 5 heteroatoms. The van der Waals surface area contributed by atoms with Crippen LogP contribution in [0, 0.1) is 0 Å². The highest BCUT2D eigenvalue weighted by atomic mass is 16.6. The molecular formula is C11H12O5. The minimum absolute atomic E-state index is 0.0997. The van der Waals surface area contributed by atoms with E-state index in [9.17, 15) is 9.59 Å². The van der Waals surface area contributed by atoms with Gasteiger partial charge in [-0.3, -0.25) is 4.79 Å². The highest BCUT2D eigenvalue weighted by Crippen LogP contribution is 2.28. The Morgan fingerprint density at radius 2 is 2.06 bits per heavy atom. The van der Waals surface area contributed by atoms with Crippen LogP contribution in [0.5, 0.6) is 11.5 Å². The molecule has 16 heavy (non-hydrogen) atoms. The van der Waals surface area contributed by atoms with Gasteiger partial charge in [0.25, 0.3) is 0 Å². The SMILES string of the molecule is COCc1ccc(OC(=O)C=O)c(OC)c1. The first-order chi connectivity index (χ1) is 7.71. The van der Waals surface area contributed by atoms with Crippen molar-refractivity contribution in [2.45, 2.75) is 6.61 Å². The van der Waals surface area contributed by atoms with Crippen molar-refractivity contribution in [1.82, 2.24) is 0 Å². The first-order valence-corrected chi connectivity index (χ1v) is 4.54. The first kappa shape index (κ1) is 12.2. The number of ether oxygens (including phenoxy) is 3. The van der Waals surface area contributed by atoms with Gasteiger partial charge in [-0.25, -0.2) is 4.79 Å². The Hall–Kier alpha value is -1.88. The molecule has 1 aromatic rings. The Balaban J connectivity index is 2.92. The molecule has 1 aromatic carbocycles. The Labute approximate surface area is 92.9 Å². The summed E-state index contributed by atoms with van der Waals surface area (Å²) in [5.74, 6) is -0.373. The second-order valence-electron chi connectivity index (χ2n) is 2.96. The molecule has 0 radical (unpaired) electrons.